The van der Waals surface area contributed by atoms with Gasteiger partial charge in [-0.2, -0.15) is 0 Å². The molecule has 2 aromatic rings. The molecule has 4 nitrogen and oxygen atoms in total. The first-order valence-electron chi connectivity index (χ1n) is 9.90. The molecule has 1 saturated carbocycles. The molecule has 0 bridgehead atoms. The van der Waals surface area contributed by atoms with Crippen LogP contribution in [-0.2, 0) is 5.41 Å². The first-order chi connectivity index (χ1) is 12.5. The van der Waals surface area contributed by atoms with Gasteiger partial charge in [0.25, 0.3) is 0 Å². The van der Waals surface area contributed by atoms with E-state index in [4.69, 9.17) is 5.73 Å². The molecule has 4 heteroatoms. The molecule has 0 spiro atoms. The van der Waals surface area contributed by atoms with Crippen LogP contribution in [0, 0.1) is 12.8 Å². The fraction of sp³-hybridized carbons (Fsp3) is 0.545. The van der Waals surface area contributed by atoms with Crippen molar-refractivity contribution < 1.29 is 0 Å². The normalized spacial score (nSPS) is 29.3. The Kier molecular flexibility index (Phi) is 4.47. The van der Waals surface area contributed by atoms with E-state index in [0.717, 1.165) is 11.5 Å². The van der Waals surface area contributed by atoms with Crippen LogP contribution in [0.3, 0.4) is 0 Å². The van der Waals surface area contributed by atoms with E-state index in [9.17, 15) is 0 Å². The molecule has 138 valence electrons. The molecule has 3 unspecified atom stereocenters. The number of aryl methyl sites for hydroxylation is 1. The van der Waals surface area contributed by atoms with Gasteiger partial charge in [0.2, 0.25) is 5.95 Å². The van der Waals surface area contributed by atoms with E-state index >= 15 is 0 Å². The molecule has 1 aromatic heterocycles. The quantitative estimate of drug-likeness (QED) is 0.882. The molecule has 2 fully saturated rings. The number of aromatic nitrogens is 2. The molecule has 26 heavy (non-hydrogen) atoms. The second-order valence-corrected chi connectivity index (χ2v) is 8.34. The molecule has 3 atom stereocenters. The highest BCUT2D eigenvalue weighted by molar-refractivity contribution is 5.64. The van der Waals surface area contributed by atoms with Crippen molar-refractivity contribution in [1.29, 1.82) is 0 Å². The first-order valence-corrected chi connectivity index (χ1v) is 9.90. The summed E-state index contributed by atoms with van der Waals surface area (Å²) in [5, 5.41) is 0. The molecule has 0 amide bonds. The van der Waals surface area contributed by atoms with Crippen molar-refractivity contribution >= 4 is 5.95 Å². The summed E-state index contributed by atoms with van der Waals surface area (Å²) < 4.78 is 0. The van der Waals surface area contributed by atoms with E-state index in [2.05, 4.69) is 54.0 Å². The fourth-order valence-electron chi connectivity index (χ4n) is 5.46. The van der Waals surface area contributed by atoms with E-state index in [1.807, 2.05) is 12.4 Å². The van der Waals surface area contributed by atoms with Crippen LogP contribution in [0.1, 0.15) is 50.2 Å². The summed E-state index contributed by atoms with van der Waals surface area (Å²) in [5.41, 5.74) is 11.2. The smallest absolute Gasteiger partial charge is 0.219 e. The van der Waals surface area contributed by atoms with Crippen LogP contribution >= 0.6 is 0 Å². The number of piperidine rings is 1. The van der Waals surface area contributed by atoms with Gasteiger partial charge in [-0.05, 0) is 69.3 Å². The van der Waals surface area contributed by atoms with E-state index in [-0.39, 0.29) is 0 Å². The van der Waals surface area contributed by atoms with Gasteiger partial charge in [-0.15, -0.1) is 0 Å². The average molecular weight is 351 g/mol. The van der Waals surface area contributed by atoms with Crippen molar-refractivity contribution in [2.45, 2.75) is 57.4 Å². The van der Waals surface area contributed by atoms with Crippen molar-refractivity contribution in [2.24, 2.45) is 5.92 Å². The van der Waals surface area contributed by atoms with Gasteiger partial charge in [0.15, 0.2) is 0 Å². The van der Waals surface area contributed by atoms with Crippen LogP contribution in [0.5, 0.6) is 0 Å². The number of nitrogens with zero attached hydrogens (tertiary/aromatic N) is 3. The highest BCUT2D eigenvalue weighted by Gasteiger charge is 2.48. The maximum Gasteiger partial charge on any atom is 0.219 e. The standard InChI is InChI=1S/C22H30N4/c1-15-7-8-17(18-13-24-21(23)25-14-18)12-20(15)22-9-5-4-6-19(22)16(2)26(3)11-10-22/h7-8,12-14,16,19H,4-6,9-11H2,1-3H3,(H2,23,24,25). The molecular weight excluding hydrogens is 320 g/mol. The lowest BCUT2D eigenvalue weighted by Gasteiger charge is -2.54. The van der Waals surface area contributed by atoms with E-state index in [1.165, 1.54) is 49.8 Å². The summed E-state index contributed by atoms with van der Waals surface area (Å²) in [6, 6.07) is 7.54. The van der Waals surface area contributed by atoms with Gasteiger partial charge in [-0.3, -0.25) is 0 Å². The predicted octanol–water partition coefficient (Wildman–Crippen LogP) is 4.19. The average Bonchev–Trinajstić information content (AvgIpc) is 2.66. The summed E-state index contributed by atoms with van der Waals surface area (Å²) in [5.74, 6) is 1.07. The van der Waals surface area contributed by atoms with Crippen molar-refractivity contribution in [1.82, 2.24) is 14.9 Å². The van der Waals surface area contributed by atoms with Gasteiger partial charge in [0, 0.05) is 29.4 Å². The molecule has 4 rings (SSSR count). The minimum Gasteiger partial charge on any atom is -0.368 e. The number of nitrogen functional groups attached to an aromatic ring is 1. The number of anilines is 1. The highest BCUT2D eigenvalue weighted by Crippen LogP contribution is 2.52. The van der Waals surface area contributed by atoms with Crippen LogP contribution in [0.25, 0.3) is 11.1 Å². The SMILES string of the molecule is Cc1ccc(-c2cnc(N)nc2)cc1C12CCCCC1C(C)N(C)CC2. The molecule has 1 aromatic carbocycles. The Hall–Kier alpha value is -1.94. The number of nitrogens with two attached hydrogens (primary N) is 1. The summed E-state index contributed by atoms with van der Waals surface area (Å²) in [6.45, 7) is 5.89. The topological polar surface area (TPSA) is 55.0 Å². The third kappa shape index (κ3) is 2.81. The molecular formula is C22H30N4. The maximum absolute atomic E-state index is 5.66. The molecule has 1 saturated heterocycles. The maximum atomic E-state index is 5.66. The van der Waals surface area contributed by atoms with Crippen LogP contribution in [0.2, 0.25) is 0 Å². The Balaban J connectivity index is 1.80. The first kappa shape index (κ1) is 17.5. The zero-order chi connectivity index (χ0) is 18.3. The molecule has 1 aliphatic carbocycles. The predicted molar refractivity (Wildman–Crippen MR) is 107 cm³/mol. The number of benzene rings is 1. The highest BCUT2D eigenvalue weighted by atomic mass is 15.1. The monoisotopic (exact) mass is 350 g/mol. The number of hydrogen-bond donors (Lipinski definition) is 1. The number of fused-ring (bicyclic) bond motifs is 1. The van der Waals surface area contributed by atoms with Crippen LogP contribution in [-0.4, -0.2) is 34.5 Å². The lowest BCUT2D eigenvalue weighted by atomic mass is 9.56. The van der Waals surface area contributed by atoms with E-state index in [1.54, 1.807) is 5.56 Å². The Bertz CT molecular complexity index is 785. The van der Waals surface area contributed by atoms with E-state index < -0.39 is 0 Å². The van der Waals surface area contributed by atoms with Crippen molar-refractivity contribution in [3.05, 3.63) is 41.7 Å². The van der Waals surface area contributed by atoms with Crippen LogP contribution < -0.4 is 5.73 Å². The molecule has 2 N–H and O–H groups in total. The summed E-state index contributed by atoms with van der Waals surface area (Å²) in [6.07, 6.45) is 10.3. The largest absolute Gasteiger partial charge is 0.368 e. The summed E-state index contributed by atoms with van der Waals surface area (Å²) in [4.78, 5) is 10.9. The van der Waals surface area contributed by atoms with Crippen molar-refractivity contribution in [3.63, 3.8) is 0 Å². The van der Waals surface area contributed by atoms with Gasteiger partial charge >= 0.3 is 0 Å². The Labute approximate surface area is 156 Å². The fourth-order valence-corrected chi connectivity index (χ4v) is 5.46. The zero-order valence-corrected chi connectivity index (χ0v) is 16.2. The number of hydrogen-bond acceptors (Lipinski definition) is 4. The van der Waals surface area contributed by atoms with Crippen LogP contribution in [0.15, 0.2) is 30.6 Å². The van der Waals surface area contributed by atoms with Crippen LogP contribution in [0.4, 0.5) is 5.95 Å². The van der Waals surface area contributed by atoms with Gasteiger partial charge in [-0.25, -0.2) is 9.97 Å². The Morgan fingerprint density at radius 3 is 2.65 bits per heavy atom. The van der Waals surface area contributed by atoms with Gasteiger partial charge in [0.05, 0.1) is 0 Å². The minimum absolute atomic E-state index is 0.318. The van der Waals surface area contributed by atoms with Gasteiger partial charge in [-0.1, -0.05) is 31.0 Å². The van der Waals surface area contributed by atoms with Crippen molar-refractivity contribution in [2.75, 3.05) is 19.3 Å². The van der Waals surface area contributed by atoms with Gasteiger partial charge in [0.1, 0.15) is 0 Å². The Morgan fingerprint density at radius 1 is 1.12 bits per heavy atom. The third-order valence-corrected chi connectivity index (χ3v) is 7.07. The second-order valence-electron chi connectivity index (χ2n) is 8.34. The zero-order valence-electron chi connectivity index (χ0n) is 16.2. The number of rotatable bonds is 2. The molecule has 1 aliphatic heterocycles. The Morgan fingerprint density at radius 2 is 1.88 bits per heavy atom. The molecule has 2 heterocycles. The number of likely N-dealkylation sites (tertiary alicyclic amines) is 1. The summed E-state index contributed by atoms with van der Waals surface area (Å²) in [7, 11) is 2.29. The minimum atomic E-state index is 0.318. The van der Waals surface area contributed by atoms with Gasteiger partial charge < -0.3 is 10.6 Å². The molecule has 2 aliphatic rings. The third-order valence-electron chi connectivity index (χ3n) is 7.07. The molecule has 0 radical (unpaired) electrons. The second kappa shape index (κ2) is 6.66. The van der Waals surface area contributed by atoms with E-state index in [0.29, 0.717) is 17.4 Å². The summed E-state index contributed by atoms with van der Waals surface area (Å²) >= 11 is 0. The van der Waals surface area contributed by atoms with Crippen molar-refractivity contribution in [3.8, 4) is 11.1 Å². The lowest BCUT2D eigenvalue weighted by Crippen LogP contribution is -2.55. The lowest BCUT2D eigenvalue weighted by molar-refractivity contribution is 0.0226.